The number of hydrogen-bond acceptors (Lipinski definition) is 3. The van der Waals surface area contributed by atoms with E-state index in [1.165, 1.54) is 6.92 Å². The van der Waals surface area contributed by atoms with E-state index < -0.39 is 41.4 Å². The first-order valence-electron chi connectivity index (χ1n) is 5.04. The highest BCUT2D eigenvalue weighted by Crippen LogP contribution is 2.14. The molecule has 0 fully saturated rings. The topological polar surface area (TPSA) is 55.4 Å². The predicted octanol–water partition coefficient (Wildman–Crippen LogP) is 1.28. The summed E-state index contributed by atoms with van der Waals surface area (Å²) < 4.78 is 43.3. The lowest BCUT2D eigenvalue weighted by Gasteiger charge is -2.07. The van der Waals surface area contributed by atoms with E-state index in [-0.39, 0.29) is 6.61 Å². The SMILES string of the molecule is CCOC(=O)C(=O)NCc1c(F)cc(F)cc1F. The highest BCUT2D eigenvalue weighted by atomic mass is 19.1. The molecule has 0 aromatic heterocycles. The first kappa shape index (κ1) is 14.0. The molecule has 0 aliphatic heterocycles. The zero-order chi connectivity index (χ0) is 13.7. The van der Waals surface area contributed by atoms with Crippen molar-refractivity contribution in [2.75, 3.05) is 6.61 Å². The third kappa shape index (κ3) is 3.47. The summed E-state index contributed by atoms with van der Waals surface area (Å²) in [6.45, 7) is 0.936. The van der Waals surface area contributed by atoms with Crippen LogP contribution in [0.2, 0.25) is 0 Å². The second-order valence-corrected chi connectivity index (χ2v) is 3.25. The second kappa shape index (κ2) is 6.04. The molecule has 0 spiro atoms. The van der Waals surface area contributed by atoms with Crippen LogP contribution in [0.3, 0.4) is 0 Å². The summed E-state index contributed by atoms with van der Waals surface area (Å²) in [6, 6.07) is 0.962. The lowest BCUT2D eigenvalue weighted by molar-refractivity contribution is -0.154. The van der Waals surface area contributed by atoms with Crippen molar-refractivity contribution < 1.29 is 27.5 Å². The van der Waals surface area contributed by atoms with Crippen LogP contribution in [0.15, 0.2) is 12.1 Å². The number of esters is 1. The Morgan fingerprint density at radius 2 is 1.78 bits per heavy atom. The number of rotatable bonds is 3. The molecule has 7 heteroatoms. The molecule has 0 bridgehead atoms. The van der Waals surface area contributed by atoms with Crippen molar-refractivity contribution in [1.82, 2.24) is 5.32 Å². The standard InChI is InChI=1S/C11H10F3NO3/c1-2-18-11(17)10(16)15-5-7-8(13)3-6(12)4-9(7)14/h3-4H,2,5H2,1H3,(H,15,16). The molecule has 1 rings (SSSR count). The van der Waals surface area contributed by atoms with E-state index in [0.29, 0.717) is 12.1 Å². The highest BCUT2D eigenvalue weighted by Gasteiger charge is 2.17. The van der Waals surface area contributed by atoms with Crippen LogP contribution < -0.4 is 5.32 Å². The molecule has 0 aliphatic rings. The van der Waals surface area contributed by atoms with Gasteiger partial charge in [0.05, 0.1) is 6.61 Å². The molecule has 1 N–H and O–H groups in total. The van der Waals surface area contributed by atoms with Crippen LogP contribution in [0.4, 0.5) is 13.2 Å². The van der Waals surface area contributed by atoms with E-state index in [1.807, 2.05) is 5.32 Å². The van der Waals surface area contributed by atoms with E-state index >= 15 is 0 Å². The maximum Gasteiger partial charge on any atom is 0.396 e. The van der Waals surface area contributed by atoms with Crippen LogP contribution in [0.5, 0.6) is 0 Å². The summed E-state index contributed by atoms with van der Waals surface area (Å²) in [6.07, 6.45) is 0. The molecule has 0 heterocycles. The summed E-state index contributed by atoms with van der Waals surface area (Å²) in [5.74, 6) is -5.63. The average Bonchev–Trinajstić information content (AvgIpc) is 2.27. The lowest BCUT2D eigenvalue weighted by atomic mass is 10.2. The van der Waals surface area contributed by atoms with Gasteiger partial charge in [0.25, 0.3) is 0 Å². The molecule has 0 aliphatic carbocycles. The van der Waals surface area contributed by atoms with Crippen molar-refractivity contribution in [3.05, 3.63) is 35.1 Å². The maximum absolute atomic E-state index is 13.2. The summed E-state index contributed by atoms with van der Waals surface area (Å²) >= 11 is 0. The lowest BCUT2D eigenvalue weighted by Crippen LogP contribution is -2.32. The van der Waals surface area contributed by atoms with Gasteiger partial charge in [0.2, 0.25) is 0 Å². The molecule has 1 aromatic carbocycles. The fourth-order valence-electron chi connectivity index (χ4n) is 1.18. The molecule has 4 nitrogen and oxygen atoms in total. The van der Waals surface area contributed by atoms with Crippen LogP contribution in [0.1, 0.15) is 12.5 Å². The Labute approximate surface area is 101 Å². The Morgan fingerprint density at radius 1 is 1.22 bits per heavy atom. The Morgan fingerprint density at radius 3 is 2.28 bits per heavy atom. The van der Waals surface area contributed by atoms with Gasteiger partial charge in [0, 0.05) is 24.2 Å². The van der Waals surface area contributed by atoms with E-state index in [0.717, 1.165) is 0 Å². The van der Waals surface area contributed by atoms with Gasteiger partial charge in [0.1, 0.15) is 17.5 Å². The molecule has 0 saturated heterocycles. The molecule has 0 unspecified atom stereocenters. The smallest absolute Gasteiger partial charge is 0.396 e. The van der Waals surface area contributed by atoms with Gasteiger partial charge in [-0.05, 0) is 6.92 Å². The van der Waals surface area contributed by atoms with E-state index in [2.05, 4.69) is 4.74 Å². The number of ether oxygens (including phenoxy) is 1. The number of carbonyl (C=O) groups is 2. The molecule has 0 saturated carbocycles. The minimum Gasteiger partial charge on any atom is -0.459 e. The van der Waals surface area contributed by atoms with Crippen molar-refractivity contribution >= 4 is 11.9 Å². The monoisotopic (exact) mass is 261 g/mol. The second-order valence-electron chi connectivity index (χ2n) is 3.25. The number of hydrogen-bond donors (Lipinski definition) is 1. The van der Waals surface area contributed by atoms with E-state index in [9.17, 15) is 22.8 Å². The zero-order valence-electron chi connectivity index (χ0n) is 9.43. The molecule has 18 heavy (non-hydrogen) atoms. The summed E-state index contributed by atoms with van der Waals surface area (Å²) in [4.78, 5) is 22.0. The normalized spacial score (nSPS) is 10.0. The van der Waals surface area contributed by atoms with Gasteiger partial charge < -0.3 is 10.1 Å². The highest BCUT2D eigenvalue weighted by molar-refractivity contribution is 6.32. The van der Waals surface area contributed by atoms with Crippen LogP contribution in [-0.4, -0.2) is 18.5 Å². The Bertz CT molecular complexity index is 454. The third-order valence-corrected chi connectivity index (χ3v) is 1.99. The van der Waals surface area contributed by atoms with Crippen molar-refractivity contribution in [2.45, 2.75) is 13.5 Å². The Hall–Kier alpha value is -2.05. The van der Waals surface area contributed by atoms with Crippen LogP contribution in [0, 0.1) is 17.5 Å². The molecule has 1 amide bonds. The van der Waals surface area contributed by atoms with Gasteiger partial charge in [-0.25, -0.2) is 18.0 Å². The van der Waals surface area contributed by atoms with Gasteiger partial charge in [-0.3, -0.25) is 4.79 Å². The first-order valence-corrected chi connectivity index (χ1v) is 5.04. The fraction of sp³-hybridized carbons (Fsp3) is 0.273. The van der Waals surface area contributed by atoms with Crippen LogP contribution in [-0.2, 0) is 20.9 Å². The van der Waals surface area contributed by atoms with Crippen LogP contribution in [0.25, 0.3) is 0 Å². The van der Waals surface area contributed by atoms with Crippen molar-refractivity contribution in [3.8, 4) is 0 Å². The molecular weight excluding hydrogens is 251 g/mol. The predicted molar refractivity (Wildman–Crippen MR) is 54.8 cm³/mol. The molecular formula is C11H10F3NO3. The van der Waals surface area contributed by atoms with Crippen LogP contribution >= 0.6 is 0 Å². The first-order chi connectivity index (χ1) is 8.45. The van der Waals surface area contributed by atoms with Gasteiger partial charge in [-0.1, -0.05) is 0 Å². The van der Waals surface area contributed by atoms with Gasteiger partial charge in [-0.2, -0.15) is 0 Å². The van der Waals surface area contributed by atoms with Crippen molar-refractivity contribution in [2.24, 2.45) is 0 Å². The summed E-state index contributed by atoms with van der Waals surface area (Å²) in [5.41, 5.74) is -0.533. The van der Waals surface area contributed by atoms with E-state index in [4.69, 9.17) is 0 Å². The van der Waals surface area contributed by atoms with Gasteiger partial charge >= 0.3 is 11.9 Å². The minimum absolute atomic E-state index is 0.00548. The third-order valence-electron chi connectivity index (χ3n) is 1.99. The molecule has 0 radical (unpaired) electrons. The fourth-order valence-corrected chi connectivity index (χ4v) is 1.18. The average molecular weight is 261 g/mol. The molecule has 1 aromatic rings. The number of benzene rings is 1. The summed E-state index contributed by atoms with van der Waals surface area (Å²) in [7, 11) is 0. The summed E-state index contributed by atoms with van der Waals surface area (Å²) in [5, 5.41) is 1.97. The Balaban J connectivity index is 2.70. The minimum atomic E-state index is -1.15. The molecule has 0 atom stereocenters. The molecule has 98 valence electrons. The number of carbonyl (C=O) groups excluding carboxylic acids is 2. The number of nitrogens with one attached hydrogen (secondary N) is 1. The maximum atomic E-state index is 13.2. The van der Waals surface area contributed by atoms with Gasteiger partial charge in [-0.15, -0.1) is 0 Å². The largest absolute Gasteiger partial charge is 0.459 e. The Kier molecular flexibility index (Phi) is 4.70. The number of halogens is 3. The van der Waals surface area contributed by atoms with E-state index in [1.54, 1.807) is 0 Å². The van der Waals surface area contributed by atoms with Crippen molar-refractivity contribution in [3.63, 3.8) is 0 Å². The quantitative estimate of drug-likeness (QED) is 0.658. The number of amides is 1. The van der Waals surface area contributed by atoms with Crippen molar-refractivity contribution in [1.29, 1.82) is 0 Å². The van der Waals surface area contributed by atoms with Gasteiger partial charge in [0.15, 0.2) is 0 Å². The zero-order valence-corrected chi connectivity index (χ0v) is 9.43.